The minimum Gasteiger partial charge on any atom is -0.465 e. The summed E-state index contributed by atoms with van der Waals surface area (Å²) in [6, 6.07) is 9.84. The van der Waals surface area contributed by atoms with Crippen LogP contribution in [0.25, 0.3) is 10.9 Å². The van der Waals surface area contributed by atoms with Crippen LogP contribution in [-0.4, -0.2) is 30.7 Å². The molecule has 1 heterocycles. The first-order chi connectivity index (χ1) is 14.4. The number of rotatable bonds is 13. The number of hydrogen-bond donors (Lipinski definition) is 0. The van der Waals surface area contributed by atoms with Gasteiger partial charge < -0.3 is 14.2 Å². The van der Waals surface area contributed by atoms with Crippen molar-refractivity contribution in [1.29, 1.82) is 0 Å². The number of aryl methyl sites for hydroxylation is 1. The second-order valence-electron chi connectivity index (χ2n) is 8.52. The molecule has 0 radical (unpaired) electrons. The smallest absolute Gasteiger partial charge is 0.308 e. The van der Waals surface area contributed by atoms with Gasteiger partial charge in [0.2, 0.25) is 0 Å². The van der Waals surface area contributed by atoms with E-state index < -0.39 is 0 Å². The molecule has 166 valence electrons. The summed E-state index contributed by atoms with van der Waals surface area (Å²) in [7, 11) is 3.90. The van der Waals surface area contributed by atoms with E-state index in [2.05, 4.69) is 18.0 Å². The number of nitrogens with zero attached hydrogens (tertiary/aromatic N) is 2. The average Bonchev–Trinajstić information content (AvgIpc) is 2.74. The van der Waals surface area contributed by atoms with E-state index in [1.54, 1.807) is 10.6 Å². The van der Waals surface area contributed by atoms with Crippen molar-refractivity contribution in [1.82, 2.24) is 4.57 Å². The SMILES string of the molecule is CC(C)C(=O)OCCCCCCCCCCN(C)c1cc(=O)n(C)c2ccccc12. The number of fused-ring (bicyclic) bond motifs is 1. The van der Waals surface area contributed by atoms with Crippen LogP contribution in [0.5, 0.6) is 0 Å². The second kappa shape index (κ2) is 12.4. The van der Waals surface area contributed by atoms with Crippen LogP contribution in [0.4, 0.5) is 5.69 Å². The number of unbranched alkanes of at least 4 members (excludes halogenated alkanes) is 7. The van der Waals surface area contributed by atoms with Gasteiger partial charge in [0.15, 0.2) is 0 Å². The third-order valence-corrected chi connectivity index (χ3v) is 5.65. The van der Waals surface area contributed by atoms with Crippen molar-refractivity contribution in [3.8, 4) is 0 Å². The van der Waals surface area contributed by atoms with Crippen molar-refractivity contribution in [2.24, 2.45) is 13.0 Å². The molecular weight excluding hydrogens is 376 g/mol. The number of para-hydroxylation sites is 1. The van der Waals surface area contributed by atoms with Crippen LogP contribution < -0.4 is 10.5 Å². The lowest BCUT2D eigenvalue weighted by atomic mass is 10.1. The molecule has 0 bridgehead atoms. The number of carbonyl (C=O) groups is 1. The summed E-state index contributed by atoms with van der Waals surface area (Å²) < 4.78 is 6.91. The van der Waals surface area contributed by atoms with Gasteiger partial charge in [-0.2, -0.15) is 0 Å². The van der Waals surface area contributed by atoms with Gasteiger partial charge in [0.25, 0.3) is 5.56 Å². The fourth-order valence-electron chi connectivity index (χ4n) is 3.68. The molecule has 0 unspecified atom stereocenters. The third kappa shape index (κ3) is 7.19. The zero-order valence-corrected chi connectivity index (χ0v) is 19.2. The zero-order valence-electron chi connectivity index (χ0n) is 19.2. The number of esters is 1. The molecule has 0 aliphatic rings. The number of carbonyl (C=O) groups excluding carboxylic acids is 1. The average molecular weight is 415 g/mol. The molecule has 0 fully saturated rings. The van der Waals surface area contributed by atoms with Crippen LogP contribution in [0.3, 0.4) is 0 Å². The van der Waals surface area contributed by atoms with Crippen molar-refractivity contribution in [3.05, 3.63) is 40.7 Å². The molecule has 0 amide bonds. The highest BCUT2D eigenvalue weighted by Crippen LogP contribution is 2.24. The maximum Gasteiger partial charge on any atom is 0.308 e. The summed E-state index contributed by atoms with van der Waals surface area (Å²) >= 11 is 0. The number of anilines is 1. The van der Waals surface area contributed by atoms with E-state index in [1.165, 1.54) is 32.1 Å². The lowest BCUT2D eigenvalue weighted by Gasteiger charge is -2.22. The van der Waals surface area contributed by atoms with Crippen molar-refractivity contribution >= 4 is 22.6 Å². The highest BCUT2D eigenvalue weighted by Gasteiger charge is 2.10. The van der Waals surface area contributed by atoms with E-state index >= 15 is 0 Å². The van der Waals surface area contributed by atoms with Gasteiger partial charge in [-0.05, 0) is 18.9 Å². The number of pyridine rings is 1. The zero-order chi connectivity index (χ0) is 21.9. The first-order valence-electron chi connectivity index (χ1n) is 11.4. The number of benzene rings is 1. The minimum absolute atomic E-state index is 0.0324. The molecule has 0 atom stereocenters. The van der Waals surface area contributed by atoms with Crippen LogP contribution in [-0.2, 0) is 16.6 Å². The molecular formula is C25H38N2O3. The van der Waals surface area contributed by atoms with Crippen LogP contribution in [0.1, 0.15) is 65.2 Å². The molecule has 30 heavy (non-hydrogen) atoms. The topological polar surface area (TPSA) is 51.5 Å². The monoisotopic (exact) mass is 414 g/mol. The molecule has 1 aromatic carbocycles. The number of ether oxygens (including phenoxy) is 1. The summed E-state index contributed by atoms with van der Waals surface area (Å²) in [5, 5.41) is 1.13. The Morgan fingerprint density at radius 2 is 1.60 bits per heavy atom. The van der Waals surface area contributed by atoms with Crippen LogP contribution in [0.15, 0.2) is 35.1 Å². The van der Waals surface area contributed by atoms with Crippen LogP contribution >= 0.6 is 0 Å². The summed E-state index contributed by atoms with van der Waals surface area (Å²) in [4.78, 5) is 25.9. The van der Waals surface area contributed by atoms with Crippen molar-refractivity contribution in [3.63, 3.8) is 0 Å². The maximum absolute atomic E-state index is 12.3. The van der Waals surface area contributed by atoms with Crippen molar-refractivity contribution < 1.29 is 9.53 Å². The predicted molar refractivity (Wildman–Crippen MR) is 125 cm³/mol. The predicted octanol–water partition coefficient (Wildman–Crippen LogP) is 5.29. The Labute approximate surface area is 181 Å². The normalized spacial score (nSPS) is 11.2. The maximum atomic E-state index is 12.3. The standard InChI is InChI=1S/C25H38N2O3/c1-20(2)25(29)30-18-14-10-8-6-5-7-9-13-17-26(3)23-19-24(28)27(4)22-16-12-11-15-21(22)23/h11-12,15-16,19-20H,5-10,13-14,17-18H2,1-4H3. The molecule has 2 rings (SSSR count). The quantitative estimate of drug-likeness (QED) is 0.330. The Bertz CT molecular complexity index is 857. The summed E-state index contributed by atoms with van der Waals surface area (Å²) in [6.07, 6.45) is 9.38. The summed E-state index contributed by atoms with van der Waals surface area (Å²) in [5.41, 5.74) is 2.03. The molecule has 1 aromatic heterocycles. The van der Waals surface area contributed by atoms with Gasteiger partial charge in [-0.15, -0.1) is 0 Å². The van der Waals surface area contributed by atoms with Gasteiger partial charge in [-0.1, -0.05) is 70.6 Å². The first-order valence-corrected chi connectivity index (χ1v) is 11.4. The van der Waals surface area contributed by atoms with Crippen LogP contribution in [0.2, 0.25) is 0 Å². The fourth-order valence-corrected chi connectivity index (χ4v) is 3.68. The van der Waals surface area contributed by atoms with E-state index in [0.29, 0.717) is 6.61 Å². The first kappa shape index (κ1) is 24.0. The third-order valence-electron chi connectivity index (χ3n) is 5.65. The Morgan fingerprint density at radius 3 is 2.27 bits per heavy atom. The Balaban J connectivity index is 1.61. The van der Waals surface area contributed by atoms with Gasteiger partial charge in [0.1, 0.15) is 0 Å². The fraction of sp³-hybridized carbons (Fsp3) is 0.600. The molecule has 0 saturated carbocycles. The van der Waals surface area contributed by atoms with Crippen molar-refractivity contribution in [2.75, 3.05) is 25.1 Å². The minimum atomic E-state index is -0.0937. The molecule has 0 aliphatic carbocycles. The number of aromatic nitrogens is 1. The molecule has 5 nitrogen and oxygen atoms in total. The van der Waals surface area contributed by atoms with Gasteiger partial charge in [0, 0.05) is 32.1 Å². The molecule has 0 N–H and O–H groups in total. The number of hydrogen-bond acceptors (Lipinski definition) is 4. The second-order valence-corrected chi connectivity index (χ2v) is 8.52. The van der Waals surface area contributed by atoms with Crippen LogP contribution in [0, 0.1) is 5.92 Å². The Hall–Kier alpha value is -2.30. The van der Waals surface area contributed by atoms with E-state index in [1.807, 2.05) is 39.1 Å². The highest BCUT2D eigenvalue weighted by atomic mass is 16.5. The van der Waals surface area contributed by atoms with Gasteiger partial charge in [-0.25, -0.2) is 0 Å². The molecule has 0 aliphatic heterocycles. The molecule has 0 saturated heterocycles. The summed E-state index contributed by atoms with van der Waals surface area (Å²) in [6.45, 7) is 5.24. The van der Waals surface area contributed by atoms with Gasteiger partial charge >= 0.3 is 5.97 Å². The van der Waals surface area contributed by atoms with E-state index in [-0.39, 0.29) is 17.4 Å². The van der Waals surface area contributed by atoms with E-state index in [0.717, 1.165) is 42.4 Å². The van der Waals surface area contributed by atoms with E-state index in [9.17, 15) is 9.59 Å². The lowest BCUT2D eigenvalue weighted by molar-refractivity contribution is -0.147. The van der Waals surface area contributed by atoms with E-state index in [4.69, 9.17) is 4.74 Å². The summed E-state index contributed by atoms with van der Waals surface area (Å²) in [5.74, 6) is -0.126. The molecule has 2 aromatic rings. The highest BCUT2D eigenvalue weighted by molar-refractivity contribution is 5.91. The largest absolute Gasteiger partial charge is 0.465 e. The molecule has 0 spiro atoms. The molecule has 5 heteroatoms. The Morgan fingerprint density at radius 1 is 1.00 bits per heavy atom. The lowest BCUT2D eigenvalue weighted by Crippen LogP contribution is -2.23. The Kier molecular flexibility index (Phi) is 9.92. The van der Waals surface area contributed by atoms with Gasteiger partial charge in [0.05, 0.1) is 23.7 Å². The van der Waals surface area contributed by atoms with Crippen molar-refractivity contribution in [2.45, 2.75) is 65.2 Å². The van der Waals surface area contributed by atoms with Gasteiger partial charge in [-0.3, -0.25) is 9.59 Å².